The van der Waals surface area contributed by atoms with Gasteiger partial charge in [0.1, 0.15) is 0 Å². The molecule has 9 nitrogen and oxygen atoms in total. The summed E-state index contributed by atoms with van der Waals surface area (Å²) in [5.74, 6) is 0.708. The number of pyridine rings is 1. The molecule has 1 amide bonds. The molecule has 1 N–H and O–H groups in total. The van der Waals surface area contributed by atoms with Gasteiger partial charge in [0.05, 0.1) is 25.5 Å². The van der Waals surface area contributed by atoms with Gasteiger partial charge in [-0.2, -0.15) is 5.10 Å². The van der Waals surface area contributed by atoms with E-state index in [0.29, 0.717) is 17.3 Å². The van der Waals surface area contributed by atoms with Gasteiger partial charge in [0.15, 0.2) is 23.9 Å². The monoisotopic (exact) mass is 424 g/mol. The summed E-state index contributed by atoms with van der Waals surface area (Å²) in [5.41, 5.74) is 2.88. The summed E-state index contributed by atoms with van der Waals surface area (Å²) in [6, 6.07) is 10.5. The number of amides is 1. The third-order valence-electron chi connectivity index (χ3n) is 4.48. The Morgan fingerprint density at radius 3 is 2.42 bits per heavy atom. The molecule has 1 aromatic carbocycles. The van der Waals surface area contributed by atoms with E-state index in [4.69, 9.17) is 14.2 Å². The molecule has 0 saturated carbocycles. The van der Waals surface area contributed by atoms with Crippen LogP contribution in [0, 0.1) is 13.8 Å². The maximum Gasteiger partial charge on any atom is 0.340 e. The van der Waals surface area contributed by atoms with Crippen molar-refractivity contribution in [2.24, 2.45) is 0 Å². The molecule has 3 rings (SSSR count). The number of carbonyl (C=O) groups excluding carboxylic acids is 2. The second-order valence-corrected chi connectivity index (χ2v) is 6.79. The van der Waals surface area contributed by atoms with Crippen molar-refractivity contribution in [3.8, 4) is 17.3 Å². The van der Waals surface area contributed by atoms with Crippen LogP contribution in [0.3, 0.4) is 0 Å². The van der Waals surface area contributed by atoms with Gasteiger partial charge in [-0.3, -0.25) is 4.79 Å². The number of hydrogen-bond donors (Lipinski definition) is 1. The first-order valence-electron chi connectivity index (χ1n) is 9.55. The van der Waals surface area contributed by atoms with Crippen LogP contribution in [0.1, 0.15) is 27.3 Å². The molecule has 162 valence electrons. The fourth-order valence-electron chi connectivity index (χ4n) is 2.95. The van der Waals surface area contributed by atoms with E-state index in [1.165, 1.54) is 13.3 Å². The van der Waals surface area contributed by atoms with Crippen LogP contribution in [0.25, 0.3) is 5.82 Å². The minimum Gasteiger partial charge on any atom is -0.493 e. The van der Waals surface area contributed by atoms with Crippen molar-refractivity contribution in [2.45, 2.75) is 20.4 Å². The number of hydrogen-bond acceptors (Lipinski definition) is 7. The average molecular weight is 424 g/mol. The Morgan fingerprint density at radius 1 is 1.03 bits per heavy atom. The van der Waals surface area contributed by atoms with Gasteiger partial charge in [0, 0.05) is 18.4 Å². The average Bonchev–Trinajstić information content (AvgIpc) is 3.13. The lowest BCUT2D eigenvalue weighted by molar-refractivity contribution is -0.124. The van der Waals surface area contributed by atoms with Crippen molar-refractivity contribution in [2.75, 3.05) is 20.8 Å². The van der Waals surface area contributed by atoms with Crippen LogP contribution in [0.2, 0.25) is 0 Å². The van der Waals surface area contributed by atoms with Crippen LogP contribution in [-0.2, 0) is 16.1 Å². The van der Waals surface area contributed by atoms with E-state index in [1.807, 2.05) is 26.0 Å². The van der Waals surface area contributed by atoms with E-state index in [0.717, 1.165) is 17.0 Å². The van der Waals surface area contributed by atoms with E-state index < -0.39 is 18.5 Å². The third kappa shape index (κ3) is 5.39. The molecular formula is C22H24N4O5. The first-order valence-corrected chi connectivity index (χ1v) is 9.55. The maximum absolute atomic E-state index is 12.2. The number of aryl methyl sites for hydroxylation is 2. The Hall–Kier alpha value is -3.88. The van der Waals surface area contributed by atoms with E-state index in [9.17, 15) is 9.59 Å². The Kier molecular flexibility index (Phi) is 6.86. The largest absolute Gasteiger partial charge is 0.493 e. The van der Waals surface area contributed by atoms with Crippen LogP contribution in [0.15, 0.2) is 42.6 Å². The van der Waals surface area contributed by atoms with E-state index in [1.54, 1.807) is 36.1 Å². The molecule has 0 bridgehead atoms. The standard InChI is InChI=1S/C22H24N4O5/c1-14-9-15(2)26(25-14)20-8-6-17(12-23-20)22(28)31-13-21(27)24-11-16-5-7-18(29-3)19(10-16)30-4/h5-10,12H,11,13H2,1-4H3,(H,24,27). The molecule has 0 fully saturated rings. The highest BCUT2D eigenvalue weighted by atomic mass is 16.5. The summed E-state index contributed by atoms with van der Waals surface area (Å²) in [6.45, 7) is 3.68. The minimum absolute atomic E-state index is 0.248. The van der Waals surface area contributed by atoms with Crippen LogP contribution < -0.4 is 14.8 Å². The fourth-order valence-corrected chi connectivity index (χ4v) is 2.95. The second kappa shape index (κ2) is 9.75. The maximum atomic E-state index is 12.2. The van der Waals surface area contributed by atoms with Crippen molar-refractivity contribution in [1.29, 1.82) is 0 Å². The molecule has 0 aliphatic heterocycles. The van der Waals surface area contributed by atoms with E-state index in [2.05, 4.69) is 15.4 Å². The highest BCUT2D eigenvalue weighted by molar-refractivity contribution is 5.91. The van der Waals surface area contributed by atoms with Crippen molar-refractivity contribution in [3.05, 3.63) is 65.1 Å². The first-order chi connectivity index (χ1) is 14.9. The van der Waals surface area contributed by atoms with Gasteiger partial charge >= 0.3 is 5.97 Å². The van der Waals surface area contributed by atoms with Crippen molar-refractivity contribution in [3.63, 3.8) is 0 Å². The molecule has 9 heteroatoms. The number of benzene rings is 1. The smallest absolute Gasteiger partial charge is 0.340 e. The summed E-state index contributed by atoms with van der Waals surface area (Å²) in [6.07, 6.45) is 1.40. The SMILES string of the molecule is COc1ccc(CNC(=O)COC(=O)c2ccc(-n3nc(C)cc3C)nc2)cc1OC. The summed E-state index contributed by atoms with van der Waals surface area (Å²) in [5, 5.41) is 7.04. The molecular weight excluding hydrogens is 400 g/mol. The van der Waals surface area contributed by atoms with Gasteiger partial charge in [0.25, 0.3) is 5.91 Å². The number of carbonyl (C=O) groups is 2. The van der Waals surface area contributed by atoms with E-state index in [-0.39, 0.29) is 12.1 Å². The zero-order chi connectivity index (χ0) is 22.4. The van der Waals surface area contributed by atoms with Gasteiger partial charge < -0.3 is 19.5 Å². The minimum atomic E-state index is -0.631. The van der Waals surface area contributed by atoms with Crippen LogP contribution in [0.5, 0.6) is 11.5 Å². The highest BCUT2D eigenvalue weighted by Gasteiger charge is 2.13. The zero-order valence-corrected chi connectivity index (χ0v) is 17.8. The molecule has 2 aromatic heterocycles. The fraction of sp³-hybridized carbons (Fsp3) is 0.273. The normalized spacial score (nSPS) is 10.5. The van der Waals surface area contributed by atoms with Gasteiger partial charge in [-0.05, 0) is 49.7 Å². The second-order valence-electron chi connectivity index (χ2n) is 6.79. The van der Waals surface area contributed by atoms with Crippen molar-refractivity contribution in [1.82, 2.24) is 20.1 Å². The number of nitrogens with one attached hydrogen (secondary N) is 1. The number of nitrogens with zero attached hydrogens (tertiary/aromatic N) is 3. The number of esters is 1. The van der Waals surface area contributed by atoms with E-state index >= 15 is 0 Å². The highest BCUT2D eigenvalue weighted by Crippen LogP contribution is 2.27. The third-order valence-corrected chi connectivity index (χ3v) is 4.48. The molecule has 2 heterocycles. The quantitative estimate of drug-likeness (QED) is 0.554. The van der Waals surface area contributed by atoms with Gasteiger partial charge in [-0.15, -0.1) is 0 Å². The molecule has 3 aromatic rings. The predicted octanol–water partition coefficient (Wildman–Crippen LogP) is 2.37. The lowest BCUT2D eigenvalue weighted by Crippen LogP contribution is -2.28. The summed E-state index contributed by atoms with van der Waals surface area (Å²) < 4.78 is 17.2. The van der Waals surface area contributed by atoms with Crippen LogP contribution in [-0.4, -0.2) is 47.5 Å². The summed E-state index contributed by atoms with van der Waals surface area (Å²) in [4.78, 5) is 28.5. The lowest BCUT2D eigenvalue weighted by atomic mass is 10.2. The van der Waals surface area contributed by atoms with Gasteiger partial charge in [0.2, 0.25) is 0 Å². The van der Waals surface area contributed by atoms with Crippen LogP contribution in [0.4, 0.5) is 0 Å². The topological polar surface area (TPSA) is 105 Å². The lowest BCUT2D eigenvalue weighted by Gasteiger charge is -2.10. The molecule has 0 saturated heterocycles. The van der Waals surface area contributed by atoms with Crippen molar-refractivity contribution >= 4 is 11.9 Å². The first kappa shape index (κ1) is 21.8. The molecule has 0 spiro atoms. The van der Waals surface area contributed by atoms with Gasteiger partial charge in [-0.1, -0.05) is 6.07 Å². The number of aromatic nitrogens is 3. The number of rotatable bonds is 8. The molecule has 0 aliphatic carbocycles. The van der Waals surface area contributed by atoms with Crippen LogP contribution >= 0.6 is 0 Å². The molecule has 0 atom stereocenters. The Labute approximate surface area is 180 Å². The molecule has 31 heavy (non-hydrogen) atoms. The molecule has 0 radical (unpaired) electrons. The zero-order valence-electron chi connectivity index (χ0n) is 17.8. The summed E-state index contributed by atoms with van der Waals surface area (Å²) in [7, 11) is 3.09. The van der Waals surface area contributed by atoms with Crippen molar-refractivity contribution < 1.29 is 23.8 Å². The Balaban J connectivity index is 1.51. The summed E-state index contributed by atoms with van der Waals surface area (Å²) >= 11 is 0. The Morgan fingerprint density at radius 2 is 1.81 bits per heavy atom. The number of methoxy groups -OCH3 is 2. The predicted molar refractivity (Wildman–Crippen MR) is 113 cm³/mol. The van der Waals surface area contributed by atoms with Gasteiger partial charge in [-0.25, -0.2) is 14.5 Å². The molecule has 0 aliphatic rings. The molecule has 0 unspecified atom stereocenters. The number of ether oxygens (including phenoxy) is 3. The Bertz CT molecular complexity index is 1080.